The van der Waals surface area contributed by atoms with E-state index in [-0.39, 0.29) is 10.8 Å². The standard InChI is InChI=1S/C26H30N2O4S/c1-17(2)21-6-10-24(11-7-21)32-20(5)26(29)27-22-8-12-25(13-9-22)33(30,31)28-23-15-18(3)14-19(4)16-23/h6-17,20,28H,1-5H3,(H,27,29). The minimum Gasteiger partial charge on any atom is -0.481 e. The van der Waals surface area contributed by atoms with Crippen LogP contribution in [0.4, 0.5) is 11.4 Å². The molecule has 7 heteroatoms. The zero-order valence-corrected chi connectivity index (χ0v) is 20.4. The van der Waals surface area contributed by atoms with Gasteiger partial charge in [-0.1, -0.05) is 32.0 Å². The zero-order chi connectivity index (χ0) is 24.2. The maximum Gasteiger partial charge on any atom is 0.265 e. The molecule has 3 rings (SSSR count). The molecule has 0 aliphatic carbocycles. The highest BCUT2D eigenvalue weighted by molar-refractivity contribution is 7.92. The molecular formula is C26H30N2O4S. The third-order valence-corrected chi connectivity index (χ3v) is 6.53. The van der Waals surface area contributed by atoms with Gasteiger partial charge in [-0.25, -0.2) is 8.42 Å². The lowest BCUT2D eigenvalue weighted by atomic mass is 10.0. The van der Waals surface area contributed by atoms with Gasteiger partial charge in [-0.3, -0.25) is 9.52 Å². The highest BCUT2D eigenvalue weighted by atomic mass is 32.2. The molecule has 0 saturated heterocycles. The summed E-state index contributed by atoms with van der Waals surface area (Å²) in [6.07, 6.45) is -0.718. The van der Waals surface area contributed by atoms with Crippen LogP contribution in [0.1, 0.15) is 43.4 Å². The fourth-order valence-corrected chi connectivity index (χ4v) is 4.44. The zero-order valence-electron chi connectivity index (χ0n) is 19.5. The van der Waals surface area contributed by atoms with Crippen LogP contribution in [0, 0.1) is 13.8 Å². The number of sulfonamides is 1. The van der Waals surface area contributed by atoms with E-state index >= 15 is 0 Å². The van der Waals surface area contributed by atoms with Crippen LogP contribution in [0.2, 0.25) is 0 Å². The first-order chi connectivity index (χ1) is 15.5. The Hall–Kier alpha value is -3.32. The highest BCUT2D eigenvalue weighted by Gasteiger charge is 2.17. The molecule has 174 valence electrons. The Balaban J connectivity index is 1.62. The maximum atomic E-state index is 12.7. The van der Waals surface area contributed by atoms with Crippen molar-refractivity contribution >= 4 is 27.3 Å². The molecule has 1 unspecified atom stereocenters. The number of carbonyl (C=O) groups is 1. The van der Waals surface area contributed by atoms with Crippen molar-refractivity contribution in [2.24, 2.45) is 0 Å². The van der Waals surface area contributed by atoms with Gasteiger partial charge in [-0.05, 0) is 91.9 Å². The molecule has 3 aromatic rings. The van der Waals surface area contributed by atoms with E-state index in [0.717, 1.165) is 11.1 Å². The average molecular weight is 467 g/mol. The molecule has 0 aromatic heterocycles. The molecule has 6 nitrogen and oxygen atoms in total. The largest absolute Gasteiger partial charge is 0.481 e. The van der Waals surface area contributed by atoms with E-state index in [0.29, 0.717) is 23.0 Å². The van der Waals surface area contributed by atoms with Gasteiger partial charge in [0.1, 0.15) is 5.75 Å². The summed E-state index contributed by atoms with van der Waals surface area (Å²) in [5.74, 6) is 0.704. The van der Waals surface area contributed by atoms with Crippen LogP contribution in [0.25, 0.3) is 0 Å². The number of ether oxygens (including phenoxy) is 1. The molecule has 0 aliphatic heterocycles. The fraction of sp³-hybridized carbons (Fsp3) is 0.269. The van der Waals surface area contributed by atoms with Crippen molar-refractivity contribution in [1.82, 2.24) is 0 Å². The van der Waals surface area contributed by atoms with Gasteiger partial charge in [0, 0.05) is 11.4 Å². The third kappa shape index (κ3) is 6.58. The molecule has 3 aromatic carbocycles. The average Bonchev–Trinajstić information content (AvgIpc) is 2.73. The van der Waals surface area contributed by atoms with Crippen LogP contribution in [0.3, 0.4) is 0 Å². The van der Waals surface area contributed by atoms with E-state index in [4.69, 9.17) is 4.74 Å². The van der Waals surface area contributed by atoms with Crippen LogP contribution in [-0.4, -0.2) is 20.4 Å². The van der Waals surface area contributed by atoms with Gasteiger partial charge in [-0.2, -0.15) is 0 Å². The molecule has 0 radical (unpaired) electrons. The molecule has 0 bridgehead atoms. The van der Waals surface area contributed by atoms with E-state index in [2.05, 4.69) is 23.9 Å². The molecule has 0 aliphatic rings. The third-order valence-electron chi connectivity index (χ3n) is 5.13. The highest BCUT2D eigenvalue weighted by Crippen LogP contribution is 2.22. The number of hydrogen-bond donors (Lipinski definition) is 2. The lowest BCUT2D eigenvalue weighted by Gasteiger charge is -2.16. The minimum atomic E-state index is -3.75. The van der Waals surface area contributed by atoms with E-state index in [9.17, 15) is 13.2 Å². The molecule has 0 heterocycles. The van der Waals surface area contributed by atoms with Crippen molar-refractivity contribution in [3.8, 4) is 5.75 Å². The Labute approximate surface area is 196 Å². The van der Waals surface area contributed by atoms with Gasteiger partial charge in [-0.15, -0.1) is 0 Å². The first-order valence-electron chi connectivity index (χ1n) is 10.8. The summed E-state index contributed by atoms with van der Waals surface area (Å²) in [6.45, 7) is 9.71. The predicted molar refractivity (Wildman–Crippen MR) is 132 cm³/mol. The lowest BCUT2D eigenvalue weighted by molar-refractivity contribution is -0.122. The molecule has 1 amide bonds. The molecule has 2 N–H and O–H groups in total. The first kappa shape index (κ1) is 24.3. The van der Waals surface area contributed by atoms with Crippen molar-refractivity contribution in [3.63, 3.8) is 0 Å². The van der Waals surface area contributed by atoms with E-state index in [1.807, 2.05) is 44.2 Å². The van der Waals surface area contributed by atoms with Gasteiger partial charge in [0.2, 0.25) is 0 Å². The van der Waals surface area contributed by atoms with Crippen molar-refractivity contribution in [3.05, 3.63) is 83.4 Å². The summed E-state index contributed by atoms with van der Waals surface area (Å²) in [5, 5.41) is 2.76. The number of nitrogens with one attached hydrogen (secondary N) is 2. The predicted octanol–water partition coefficient (Wildman–Crippen LogP) is 5.63. The SMILES string of the molecule is Cc1cc(C)cc(NS(=O)(=O)c2ccc(NC(=O)C(C)Oc3ccc(C(C)C)cc3)cc2)c1. The van der Waals surface area contributed by atoms with Gasteiger partial charge in [0.05, 0.1) is 4.90 Å². The van der Waals surface area contributed by atoms with Crippen LogP contribution in [0.15, 0.2) is 71.6 Å². The van der Waals surface area contributed by atoms with Crippen LogP contribution < -0.4 is 14.8 Å². The second-order valence-corrected chi connectivity index (χ2v) is 10.2. The maximum absolute atomic E-state index is 12.7. The second-order valence-electron chi connectivity index (χ2n) is 8.48. The van der Waals surface area contributed by atoms with E-state index in [1.54, 1.807) is 31.2 Å². The second kappa shape index (κ2) is 10.1. The summed E-state index contributed by atoms with van der Waals surface area (Å²) < 4.78 is 33.8. The van der Waals surface area contributed by atoms with Gasteiger partial charge in [0.25, 0.3) is 15.9 Å². The number of amides is 1. The topological polar surface area (TPSA) is 84.5 Å². The first-order valence-corrected chi connectivity index (χ1v) is 12.3. The smallest absolute Gasteiger partial charge is 0.265 e. The van der Waals surface area contributed by atoms with Crippen molar-refractivity contribution in [1.29, 1.82) is 0 Å². The van der Waals surface area contributed by atoms with Crippen LogP contribution >= 0.6 is 0 Å². The Kier molecular flexibility index (Phi) is 7.43. The normalized spacial score (nSPS) is 12.3. The summed E-state index contributed by atoms with van der Waals surface area (Å²) in [5.41, 5.74) is 4.13. The number of benzene rings is 3. The molecular weight excluding hydrogens is 436 g/mol. The summed E-state index contributed by atoms with van der Waals surface area (Å²) in [7, 11) is -3.75. The quantitative estimate of drug-likeness (QED) is 0.450. The van der Waals surface area contributed by atoms with Gasteiger partial charge in [0.15, 0.2) is 6.10 Å². The Morgan fingerprint density at radius 3 is 1.94 bits per heavy atom. The van der Waals surface area contributed by atoms with E-state index < -0.39 is 16.1 Å². The number of hydrogen-bond acceptors (Lipinski definition) is 4. The van der Waals surface area contributed by atoms with Crippen LogP contribution in [-0.2, 0) is 14.8 Å². The fourth-order valence-electron chi connectivity index (χ4n) is 3.40. The monoisotopic (exact) mass is 466 g/mol. The summed E-state index contributed by atoms with van der Waals surface area (Å²) >= 11 is 0. The van der Waals surface area contributed by atoms with Crippen LogP contribution in [0.5, 0.6) is 5.75 Å². The molecule has 0 saturated carbocycles. The van der Waals surface area contributed by atoms with Crippen molar-refractivity contribution in [2.75, 3.05) is 10.0 Å². The number of anilines is 2. The minimum absolute atomic E-state index is 0.106. The number of carbonyl (C=O) groups excluding carboxylic acids is 1. The molecule has 0 fully saturated rings. The van der Waals surface area contributed by atoms with E-state index in [1.165, 1.54) is 17.7 Å². The van der Waals surface area contributed by atoms with Crippen molar-refractivity contribution < 1.29 is 17.9 Å². The molecule has 0 spiro atoms. The Morgan fingerprint density at radius 2 is 1.39 bits per heavy atom. The Bertz CT molecular complexity index is 1200. The van der Waals surface area contributed by atoms with Gasteiger partial charge < -0.3 is 10.1 Å². The molecule has 1 atom stereocenters. The summed E-state index contributed by atoms with van der Waals surface area (Å²) in [6, 6.07) is 19.2. The van der Waals surface area contributed by atoms with Crippen molar-refractivity contribution in [2.45, 2.75) is 51.5 Å². The Morgan fingerprint density at radius 1 is 0.818 bits per heavy atom. The van der Waals surface area contributed by atoms with Gasteiger partial charge >= 0.3 is 0 Å². The number of rotatable bonds is 8. The molecule has 33 heavy (non-hydrogen) atoms. The summed E-state index contributed by atoms with van der Waals surface area (Å²) in [4.78, 5) is 12.6. The lowest BCUT2D eigenvalue weighted by Crippen LogP contribution is -2.30. The number of aryl methyl sites for hydroxylation is 2.